The van der Waals surface area contributed by atoms with Gasteiger partial charge < -0.3 is 10.5 Å². The van der Waals surface area contributed by atoms with Gasteiger partial charge in [0.05, 0.1) is 5.41 Å². The Balaban J connectivity index is 2.24. The molecule has 2 saturated carbocycles. The molecule has 0 heterocycles. The fraction of sp³-hybridized carbons (Fsp3) is 0.818. The van der Waals surface area contributed by atoms with Gasteiger partial charge in [0.1, 0.15) is 12.4 Å². The van der Waals surface area contributed by atoms with Gasteiger partial charge in [-0.3, -0.25) is 4.79 Å². The summed E-state index contributed by atoms with van der Waals surface area (Å²) in [6.45, 7) is 4.35. The van der Waals surface area contributed by atoms with Crippen molar-refractivity contribution in [1.29, 1.82) is 0 Å². The number of amides is 1. The van der Waals surface area contributed by atoms with E-state index in [-0.39, 0.29) is 17.8 Å². The predicted octanol–water partition coefficient (Wildman–Crippen LogP) is 1.48. The van der Waals surface area contributed by atoms with Crippen LogP contribution in [0.25, 0.3) is 0 Å². The third-order valence-electron chi connectivity index (χ3n) is 4.60. The zero-order valence-corrected chi connectivity index (χ0v) is 9.21. The highest BCUT2D eigenvalue weighted by Gasteiger charge is 2.64. The molecule has 2 unspecified atom stereocenters. The Morgan fingerprint density at radius 1 is 1.60 bits per heavy atom. The molecule has 0 aromatic heterocycles. The van der Waals surface area contributed by atoms with E-state index in [1.165, 1.54) is 0 Å². The van der Waals surface area contributed by atoms with E-state index in [1.54, 1.807) is 0 Å². The number of rotatable bonds is 2. The zero-order valence-electron chi connectivity index (χ0n) is 9.21. The van der Waals surface area contributed by atoms with Crippen LogP contribution in [0.15, 0.2) is 0 Å². The van der Waals surface area contributed by atoms with Crippen LogP contribution in [0.1, 0.15) is 33.1 Å². The van der Waals surface area contributed by atoms with Crippen LogP contribution in [0.5, 0.6) is 0 Å². The number of hydrogen-bond acceptors (Lipinski definition) is 3. The Bertz CT molecular complexity index is 324. The summed E-state index contributed by atoms with van der Waals surface area (Å²) in [5.74, 6) is 0.687. The summed E-state index contributed by atoms with van der Waals surface area (Å²) in [5, 5.41) is 0. The highest BCUT2D eigenvalue weighted by atomic mass is 16.5. The average molecular weight is 211 g/mol. The second-order valence-corrected chi connectivity index (χ2v) is 5.27. The van der Waals surface area contributed by atoms with E-state index in [2.05, 4.69) is 13.8 Å². The lowest BCUT2D eigenvalue weighted by Gasteiger charge is -2.35. The standard InChI is InChI=1S/C11H17NO3/c1-10(2)7-3-4-11(10,8(13)5-7)6-15-9(12)14/h7H,3-6H2,1-2H3,(H2,12,14). The number of carbonyl (C=O) groups excluding carboxylic acids is 2. The molecule has 2 atom stereocenters. The molecule has 1 amide bonds. The number of Topliss-reactive ketones (excluding diaryl/α,β-unsaturated/α-hetero) is 1. The monoisotopic (exact) mass is 211 g/mol. The van der Waals surface area contributed by atoms with E-state index >= 15 is 0 Å². The first-order valence-electron chi connectivity index (χ1n) is 5.36. The molecule has 2 aliphatic rings. The van der Waals surface area contributed by atoms with Gasteiger partial charge in [-0.05, 0) is 24.2 Å². The minimum atomic E-state index is -0.789. The van der Waals surface area contributed by atoms with Crippen LogP contribution >= 0.6 is 0 Å². The quantitative estimate of drug-likeness (QED) is 0.752. The van der Waals surface area contributed by atoms with Gasteiger partial charge in [0.25, 0.3) is 0 Å². The minimum absolute atomic E-state index is 0.0560. The lowest BCUT2D eigenvalue weighted by Crippen LogP contribution is -2.41. The molecule has 15 heavy (non-hydrogen) atoms. The van der Waals surface area contributed by atoms with Crippen molar-refractivity contribution >= 4 is 11.9 Å². The normalized spacial score (nSPS) is 36.9. The number of nitrogens with two attached hydrogens (primary N) is 1. The van der Waals surface area contributed by atoms with Gasteiger partial charge in [-0.15, -0.1) is 0 Å². The van der Waals surface area contributed by atoms with Crippen molar-refractivity contribution in [3.8, 4) is 0 Å². The number of ether oxygens (including phenoxy) is 1. The molecule has 2 rings (SSSR count). The van der Waals surface area contributed by atoms with Crippen LogP contribution in [0.2, 0.25) is 0 Å². The topological polar surface area (TPSA) is 69.4 Å². The van der Waals surface area contributed by atoms with Crippen LogP contribution in [0, 0.1) is 16.7 Å². The fourth-order valence-electron chi connectivity index (χ4n) is 3.30. The summed E-state index contributed by atoms with van der Waals surface area (Å²) in [7, 11) is 0. The number of ketones is 1. The predicted molar refractivity (Wildman–Crippen MR) is 54.1 cm³/mol. The second kappa shape index (κ2) is 2.97. The van der Waals surface area contributed by atoms with Gasteiger partial charge in [0, 0.05) is 6.42 Å². The maximum absolute atomic E-state index is 12.0. The molecule has 4 nitrogen and oxygen atoms in total. The van der Waals surface area contributed by atoms with E-state index < -0.39 is 11.5 Å². The first-order valence-corrected chi connectivity index (χ1v) is 5.36. The molecule has 0 aliphatic heterocycles. The van der Waals surface area contributed by atoms with Crippen molar-refractivity contribution < 1.29 is 14.3 Å². The summed E-state index contributed by atoms with van der Waals surface area (Å²) >= 11 is 0. The zero-order chi connectivity index (χ0) is 11.3. The molecule has 84 valence electrons. The van der Waals surface area contributed by atoms with Crippen molar-refractivity contribution in [2.24, 2.45) is 22.5 Å². The van der Waals surface area contributed by atoms with Gasteiger partial charge in [0.15, 0.2) is 0 Å². The van der Waals surface area contributed by atoms with Gasteiger partial charge in [-0.1, -0.05) is 13.8 Å². The Hall–Kier alpha value is -1.06. The first-order chi connectivity index (χ1) is 6.90. The lowest BCUT2D eigenvalue weighted by atomic mass is 9.69. The maximum Gasteiger partial charge on any atom is 0.404 e. The van der Waals surface area contributed by atoms with Gasteiger partial charge in [0.2, 0.25) is 0 Å². The SMILES string of the molecule is CC1(C)C2CCC1(COC(N)=O)C(=O)C2. The van der Waals surface area contributed by atoms with E-state index in [0.717, 1.165) is 12.8 Å². The van der Waals surface area contributed by atoms with Crippen molar-refractivity contribution in [2.45, 2.75) is 33.1 Å². The molecule has 2 aliphatic carbocycles. The third kappa shape index (κ3) is 1.20. The van der Waals surface area contributed by atoms with Crippen molar-refractivity contribution in [1.82, 2.24) is 0 Å². The van der Waals surface area contributed by atoms with Crippen molar-refractivity contribution in [3.63, 3.8) is 0 Å². The van der Waals surface area contributed by atoms with Crippen molar-refractivity contribution in [2.75, 3.05) is 6.61 Å². The third-order valence-corrected chi connectivity index (χ3v) is 4.60. The number of primary amides is 1. The molecule has 2 fully saturated rings. The van der Waals surface area contributed by atoms with Crippen molar-refractivity contribution in [3.05, 3.63) is 0 Å². The van der Waals surface area contributed by atoms with E-state index in [1.807, 2.05) is 0 Å². The molecule has 0 aromatic carbocycles. The highest BCUT2D eigenvalue weighted by molar-refractivity contribution is 5.90. The number of fused-ring (bicyclic) bond motifs is 2. The summed E-state index contributed by atoms with van der Waals surface area (Å²) in [6, 6.07) is 0. The van der Waals surface area contributed by atoms with Crippen LogP contribution in [0.3, 0.4) is 0 Å². The first kappa shape index (κ1) is 10.5. The van der Waals surface area contributed by atoms with E-state index in [4.69, 9.17) is 10.5 Å². The van der Waals surface area contributed by atoms with Crippen LogP contribution in [0.4, 0.5) is 4.79 Å². The number of hydrogen-bond donors (Lipinski definition) is 1. The molecule has 2 N–H and O–H groups in total. The number of carbonyl (C=O) groups is 2. The molecule has 0 spiro atoms. The van der Waals surface area contributed by atoms with E-state index in [9.17, 15) is 9.59 Å². The molecule has 0 radical (unpaired) electrons. The van der Waals surface area contributed by atoms with Crippen LogP contribution in [-0.2, 0) is 9.53 Å². The molecule has 0 saturated heterocycles. The Kier molecular flexibility index (Phi) is 2.07. The van der Waals surface area contributed by atoms with Gasteiger partial charge in [-0.25, -0.2) is 4.79 Å². The molecule has 4 heteroatoms. The Morgan fingerprint density at radius 2 is 2.27 bits per heavy atom. The van der Waals surface area contributed by atoms with Crippen LogP contribution < -0.4 is 5.73 Å². The summed E-state index contributed by atoms with van der Waals surface area (Å²) in [4.78, 5) is 22.6. The molecular weight excluding hydrogens is 194 g/mol. The minimum Gasteiger partial charge on any atom is -0.449 e. The molecule has 2 bridgehead atoms. The average Bonchev–Trinajstić information content (AvgIpc) is 2.47. The van der Waals surface area contributed by atoms with Gasteiger partial charge in [-0.2, -0.15) is 0 Å². The Morgan fingerprint density at radius 3 is 2.67 bits per heavy atom. The molecular formula is C11H17NO3. The summed E-state index contributed by atoms with van der Waals surface area (Å²) in [5.41, 5.74) is 4.44. The second-order valence-electron chi connectivity index (χ2n) is 5.27. The smallest absolute Gasteiger partial charge is 0.404 e. The highest BCUT2D eigenvalue weighted by Crippen LogP contribution is 2.63. The van der Waals surface area contributed by atoms with E-state index in [0.29, 0.717) is 12.3 Å². The summed E-state index contributed by atoms with van der Waals surface area (Å²) in [6.07, 6.45) is 1.73. The van der Waals surface area contributed by atoms with Crippen LogP contribution in [-0.4, -0.2) is 18.5 Å². The maximum atomic E-state index is 12.0. The fourth-order valence-corrected chi connectivity index (χ4v) is 3.30. The van der Waals surface area contributed by atoms with Gasteiger partial charge >= 0.3 is 6.09 Å². The largest absolute Gasteiger partial charge is 0.449 e. The lowest BCUT2D eigenvalue weighted by molar-refractivity contribution is -0.132. The summed E-state index contributed by atoms with van der Waals surface area (Å²) < 4.78 is 4.87. The Labute approximate surface area is 89.2 Å². The molecule has 0 aromatic rings.